The van der Waals surface area contributed by atoms with Crippen molar-refractivity contribution in [2.75, 3.05) is 12.1 Å². The summed E-state index contributed by atoms with van der Waals surface area (Å²) in [6.45, 7) is 6.65. The molecule has 1 unspecified atom stereocenters. The third-order valence-corrected chi connectivity index (χ3v) is 5.99. The lowest BCUT2D eigenvalue weighted by atomic mass is 9.95. The molecule has 1 atom stereocenters. The van der Waals surface area contributed by atoms with Crippen molar-refractivity contribution in [3.63, 3.8) is 0 Å². The number of benzene rings is 2. The number of carbonyl (C=O) groups is 1. The van der Waals surface area contributed by atoms with E-state index < -0.39 is 42.6 Å². The second kappa shape index (κ2) is 11.4. The Balaban J connectivity index is 1.82. The van der Waals surface area contributed by atoms with Crippen LogP contribution >= 0.6 is 0 Å². The Kier molecular flexibility index (Phi) is 8.52. The fourth-order valence-corrected chi connectivity index (χ4v) is 4.09. The molecule has 0 aliphatic carbocycles. The highest BCUT2D eigenvalue weighted by Crippen LogP contribution is 2.33. The normalized spacial score (nSPS) is 16.8. The molecule has 2 aromatic rings. The number of aliphatic imine (C=N–C) groups is 1. The van der Waals surface area contributed by atoms with Crippen molar-refractivity contribution in [3.8, 4) is 0 Å². The molecule has 0 amide bonds. The molecule has 3 rings (SSSR count). The summed E-state index contributed by atoms with van der Waals surface area (Å²) in [5.74, 6) is -1.41. The predicted octanol–water partition coefficient (Wildman–Crippen LogP) is 6.45. The van der Waals surface area contributed by atoms with Crippen LogP contribution in [0.15, 0.2) is 70.3 Å². The molecule has 0 saturated carbocycles. The van der Waals surface area contributed by atoms with E-state index in [1.54, 1.807) is 30.3 Å². The van der Waals surface area contributed by atoms with Gasteiger partial charge in [-0.2, -0.15) is 18.3 Å². The Bertz CT molecular complexity index is 1260. The Morgan fingerprint density at radius 1 is 1.27 bits per heavy atom. The van der Waals surface area contributed by atoms with Gasteiger partial charge in [-0.15, -0.1) is 0 Å². The zero-order valence-corrected chi connectivity index (χ0v) is 20.6. The zero-order chi connectivity index (χ0) is 27.3. The topological polar surface area (TPSA) is 74.5 Å². The average molecular weight is 518 g/mol. The number of aryl methyl sites for hydroxylation is 1. The first-order chi connectivity index (χ1) is 17.4. The number of rotatable bonds is 9. The number of nitrogens with zero attached hydrogens (tertiary/aromatic N) is 3. The van der Waals surface area contributed by atoms with E-state index in [1.165, 1.54) is 20.1 Å². The van der Waals surface area contributed by atoms with Gasteiger partial charge in [-0.05, 0) is 61.4 Å². The van der Waals surface area contributed by atoms with Crippen molar-refractivity contribution in [1.29, 1.82) is 0 Å². The van der Waals surface area contributed by atoms with Crippen molar-refractivity contribution < 1.29 is 32.2 Å². The molecule has 1 aliphatic rings. The van der Waals surface area contributed by atoms with E-state index in [2.05, 4.69) is 16.8 Å². The van der Waals surface area contributed by atoms with E-state index >= 15 is 0 Å². The first-order valence-electron chi connectivity index (χ1n) is 11.4. The fraction of sp³-hybridized carbons (Fsp3) is 0.296. The van der Waals surface area contributed by atoms with E-state index in [9.17, 15) is 22.4 Å². The lowest BCUT2D eigenvalue weighted by Gasteiger charge is -2.22. The molecule has 0 bridgehead atoms. The molecule has 0 radical (unpaired) electrons. The summed E-state index contributed by atoms with van der Waals surface area (Å²) in [6, 6.07) is 11.4. The largest absolute Gasteiger partial charge is 0.481 e. The number of hydrogen-bond acceptors (Lipinski definition) is 5. The lowest BCUT2D eigenvalue weighted by molar-refractivity contribution is -0.137. The van der Waals surface area contributed by atoms with Gasteiger partial charge in [0.25, 0.3) is 0 Å². The Hall–Kier alpha value is -3.95. The van der Waals surface area contributed by atoms with Crippen molar-refractivity contribution >= 4 is 29.7 Å². The average Bonchev–Trinajstić information content (AvgIpc) is 3.25. The maximum absolute atomic E-state index is 14.2. The first kappa shape index (κ1) is 27.6. The number of anilines is 1. The summed E-state index contributed by atoms with van der Waals surface area (Å²) >= 11 is 0. The monoisotopic (exact) mass is 517 g/mol. The maximum atomic E-state index is 14.2. The van der Waals surface area contributed by atoms with Crippen molar-refractivity contribution in [3.05, 3.63) is 82.5 Å². The summed E-state index contributed by atoms with van der Waals surface area (Å²) in [5, 5.41) is 13.9. The molecule has 2 aromatic carbocycles. The zero-order valence-electron chi connectivity index (χ0n) is 20.6. The van der Waals surface area contributed by atoms with Crippen LogP contribution in [0.4, 0.5) is 23.2 Å². The second-order valence-corrected chi connectivity index (χ2v) is 8.62. The number of allylic oxidation sites excluding steroid dienone is 3. The van der Waals surface area contributed by atoms with Crippen molar-refractivity contribution in [2.45, 2.75) is 45.3 Å². The molecule has 0 aromatic heterocycles. The van der Waals surface area contributed by atoms with Crippen LogP contribution in [0.5, 0.6) is 0 Å². The van der Waals surface area contributed by atoms with Gasteiger partial charge in [0.1, 0.15) is 11.5 Å². The van der Waals surface area contributed by atoms with Gasteiger partial charge in [0.2, 0.25) is 5.88 Å². The summed E-state index contributed by atoms with van der Waals surface area (Å²) in [5.41, 5.74) is 3.14. The molecule has 10 heteroatoms. The maximum Gasteiger partial charge on any atom is 0.431 e. The fourth-order valence-electron chi connectivity index (χ4n) is 4.09. The molecule has 1 heterocycles. The number of carboxylic acid groups (broad SMARTS) is 1. The van der Waals surface area contributed by atoms with Crippen LogP contribution in [-0.4, -0.2) is 42.8 Å². The molecule has 0 spiro atoms. The van der Waals surface area contributed by atoms with Crippen molar-refractivity contribution in [2.24, 2.45) is 10.1 Å². The quantitative estimate of drug-likeness (QED) is 0.180. The Labute approximate surface area is 212 Å². The van der Waals surface area contributed by atoms with Crippen LogP contribution in [-0.2, 0) is 16.0 Å². The van der Waals surface area contributed by atoms with E-state index in [0.717, 1.165) is 21.7 Å². The number of carboxylic acids is 1. The minimum Gasteiger partial charge on any atom is -0.481 e. The number of methoxy groups -OCH3 is 1. The number of halogens is 4. The molecular weight excluding hydrogens is 490 g/mol. The van der Waals surface area contributed by atoms with E-state index in [0.29, 0.717) is 23.2 Å². The van der Waals surface area contributed by atoms with Gasteiger partial charge in [-0.25, -0.2) is 9.38 Å². The number of ether oxygens (including phenoxy) is 1. The van der Waals surface area contributed by atoms with Crippen LogP contribution in [0.2, 0.25) is 0 Å². The number of hydrogen-bond donors (Lipinski definition) is 1. The first-order valence-corrected chi connectivity index (χ1v) is 11.4. The molecule has 37 heavy (non-hydrogen) atoms. The Morgan fingerprint density at radius 3 is 2.46 bits per heavy atom. The molecule has 6 nitrogen and oxygen atoms in total. The minimum absolute atomic E-state index is 0.184. The SMILES string of the molecule is C=N/C(=C\C(=C(/C)F)c1ccc(Cc2ccc(N3N=C(C(F)(F)F)CC3CC(=O)O)cc2)c(C)c1)OC. The molecule has 1 N–H and O–H groups in total. The van der Waals surface area contributed by atoms with Gasteiger partial charge in [0, 0.05) is 18.1 Å². The van der Waals surface area contributed by atoms with Crippen LogP contribution < -0.4 is 5.01 Å². The number of hydrazone groups is 1. The lowest BCUT2D eigenvalue weighted by Crippen LogP contribution is -2.29. The summed E-state index contributed by atoms with van der Waals surface area (Å²) in [6.07, 6.45) is -3.56. The molecule has 1 aliphatic heterocycles. The number of aliphatic carboxylic acids is 1. The van der Waals surface area contributed by atoms with Gasteiger partial charge in [0.15, 0.2) is 0 Å². The van der Waals surface area contributed by atoms with E-state index in [1.807, 2.05) is 19.1 Å². The third-order valence-electron chi connectivity index (χ3n) is 5.99. The van der Waals surface area contributed by atoms with Crippen molar-refractivity contribution in [1.82, 2.24) is 0 Å². The second-order valence-electron chi connectivity index (χ2n) is 8.62. The molecule has 0 fully saturated rings. The predicted molar refractivity (Wildman–Crippen MR) is 135 cm³/mol. The third kappa shape index (κ3) is 6.84. The number of alkyl halides is 3. The van der Waals surface area contributed by atoms with Gasteiger partial charge in [-0.1, -0.05) is 30.3 Å². The van der Waals surface area contributed by atoms with E-state index in [4.69, 9.17) is 9.84 Å². The standard InChI is InChI=1S/C27H27F4N3O3/c1-16-11-20(23(17(2)28)15-25(32-3)37-4)8-7-19(16)12-18-5-9-21(10-6-18)34-22(14-26(35)36)13-24(33-34)27(29,30)31/h5-11,15,22H,3,12-14H2,1-2,4H3,(H,35,36)/b23-17-,25-15+. The summed E-state index contributed by atoms with van der Waals surface area (Å²) < 4.78 is 58.8. The van der Waals surface area contributed by atoms with Crippen LogP contribution in [0.3, 0.4) is 0 Å². The van der Waals surface area contributed by atoms with Gasteiger partial charge in [-0.3, -0.25) is 9.80 Å². The van der Waals surface area contributed by atoms with Crippen LogP contribution in [0.1, 0.15) is 42.0 Å². The minimum atomic E-state index is -4.62. The molecule has 196 valence electrons. The highest BCUT2D eigenvalue weighted by Gasteiger charge is 2.43. The Morgan fingerprint density at radius 2 is 1.95 bits per heavy atom. The highest BCUT2D eigenvalue weighted by molar-refractivity contribution is 5.94. The smallest absolute Gasteiger partial charge is 0.431 e. The van der Waals surface area contributed by atoms with Crippen LogP contribution in [0.25, 0.3) is 5.57 Å². The molecular formula is C27H27F4N3O3. The summed E-state index contributed by atoms with van der Waals surface area (Å²) in [4.78, 5) is 14.9. The molecule has 0 saturated heterocycles. The van der Waals surface area contributed by atoms with Crippen LogP contribution in [0, 0.1) is 6.92 Å². The van der Waals surface area contributed by atoms with Gasteiger partial charge in [0.05, 0.1) is 25.3 Å². The summed E-state index contributed by atoms with van der Waals surface area (Å²) in [7, 11) is 1.42. The van der Waals surface area contributed by atoms with Gasteiger partial charge < -0.3 is 9.84 Å². The van der Waals surface area contributed by atoms with Gasteiger partial charge >= 0.3 is 12.1 Å². The van der Waals surface area contributed by atoms with E-state index in [-0.39, 0.29) is 5.88 Å². The highest BCUT2D eigenvalue weighted by atomic mass is 19.4.